The number of carbonyl (C=O) groups excluding carboxylic acids is 1. The first-order chi connectivity index (χ1) is 6.25. The summed E-state index contributed by atoms with van der Waals surface area (Å²) in [7, 11) is 0. The number of ketones is 1. The zero-order chi connectivity index (χ0) is 9.73. The largest absolute Gasteiger partial charge is 0.344 e. The molecule has 0 aliphatic heterocycles. The van der Waals surface area contributed by atoms with Gasteiger partial charge in [0, 0.05) is 26.1 Å². The van der Waals surface area contributed by atoms with Gasteiger partial charge in [-0.15, -0.1) is 0 Å². The molecule has 1 fully saturated rings. The van der Waals surface area contributed by atoms with Gasteiger partial charge in [-0.2, -0.15) is 0 Å². The fourth-order valence-corrected chi connectivity index (χ4v) is 1.79. The second-order valence-corrected chi connectivity index (χ2v) is 3.25. The van der Waals surface area contributed by atoms with E-state index >= 15 is 0 Å². The van der Waals surface area contributed by atoms with Crippen LogP contribution in [0.1, 0.15) is 39.5 Å². The Morgan fingerprint density at radius 3 is 2.31 bits per heavy atom. The van der Waals surface area contributed by atoms with Crippen LogP contribution in [0.25, 0.3) is 0 Å². The topological polar surface area (TPSA) is 35.5 Å². The minimum Gasteiger partial charge on any atom is -0.344 e. The van der Waals surface area contributed by atoms with Gasteiger partial charge in [-0.05, 0) is 26.7 Å². The zero-order valence-electron chi connectivity index (χ0n) is 8.47. The third kappa shape index (κ3) is 2.29. The Kier molecular flexibility index (Phi) is 3.88. The highest BCUT2D eigenvalue weighted by Gasteiger charge is 2.41. The number of hydrogen-bond donors (Lipinski definition) is 0. The van der Waals surface area contributed by atoms with Crippen molar-refractivity contribution in [3.05, 3.63) is 0 Å². The molecule has 3 nitrogen and oxygen atoms in total. The molecule has 0 saturated heterocycles. The first kappa shape index (κ1) is 10.7. The van der Waals surface area contributed by atoms with Crippen LogP contribution in [-0.2, 0) is 14.3 Å². The van der Waals surface area contributed by atoms with E-state index in [4.69, 9.17) is 9.47 Å². The van der Waals surface area contributed by atoms with E-state index in [1.54, 1.807) is 0 Å². The van der Waals surface area contributed by atoms with Gasteiger partial charge in [0.2, 0.25) is 5.79 Å². The fourth-order valence-electron chi connectivity index (χ4n) is 1.79. The van der Waals surface area contributed by atoms with E-state index in [1.807, 2.05) is 13.8 Å². The van der Waals surface area contributed by atoms with Gasteiger partial charge < -0.3 is 9.47 Å². The van der Waals surface area contributed by atoms with Crippen molar-refractivity contribution in [2.75, 3.05) is 13.2 Å². The molecule has 0 N–H and O–H groups in total. The molecule has 0 spiro atoms. The van der Waals surface area contributed by atoms with Crippen molar-refractivity contribution in [3.63, 3.8) is 0 Å². The summed E-state index contributed by atoms with van der Waals surface area (Å²) >= 11 is 0. The lowest BCUT2D eigenvalue weighted by atomic mass is 9.92. The first-order valence-corrected chi connectivity index (χ1v) is 5.06. The SMILES string of the molecule is CCOC1(OCC)CCCCC1=O. The third-order valence-electron chi connectivity index (χ3n) is 2.34. The monoisotopic (exact) mass is 186 g/mol. The minimum absolute atomic E-state index is 0.113. The van der Waals surface area contributed by atoms with Gasteiger partial charge in [-0.25, -0.2) is 0 Å². The summed E-state index contributed by atoms with van der Waals surface area (Å²) in [6.45, 7) is 4.85. The lowest BCUT2D eigenvalue weighted by Gasteiger charge is -2.34. The van der Waals surface area contributed by atoms with Gasteiger partial charge in [0.05, 0.1) is 0 Å². The highest BCUT2D eigenvalue weighted by atomic mass is 16.7. The normalized spacial score (nSPS) is 21.8. The molecule has 1 saturated carbocycles. The van der Waals surface area contributed by atoms with Crippen LogP contribution in [0.3, 0.4) is 0 Å². The smallest absolute Gasteiger partial charge is 0.228 e. The van der Waals surface area contributed by atoms with Gasteiger partial charge in [0.1, 0.15) is 0 Å². The van der Waals surface area contributed by atoms with Crippen LogP contribution in [0.4, 0.5) is 0 Å². The highest BCUT2D eigenvalue weighted by Crippen LogP contribution is 2.29. The van der Waals surface area contributed by atoms with E-state index in [0.29, 0.717) is 26.1 Å². The van der Waals surface area contributed by atoms with Crippen molar-refractivity contribution >= 4 is 5.78 Å². The van der Waals surface area contributed by atoms with Crippen LogP contribution in [0.2, 0.25) is 0 Å². The molecule has 0 atom stereocenters. The van der Waals surface area contributed by atoms with E-state index in [-0.39, 0.29) is 5.78 Å². The van der Waals surface area contributed by atoms with E-state index in [0.717, 1.165) is 12.8 Å². The molecule has 0 unspecified atom stereocenters. The van der Waals surface area contributed by atoms with Gasteiger partial charge in [-0.3, -0.25) is 4.79 Å². The van der Waals surface area contributed by atoms with Gasteiger partial charge in [0.15, 0.2) is 5.78 Å². The minimum atomic E-state index is -0.901. The van der Waals surface area contributed by atoms with Crippen LogP contribution in [0.5, 0.6) is 0 Å². The predicted octanol–water partition coefficient (Wildman–Crippen LogP) is 1.90. The van der Waals surface area contributed by atoms with Gasteiger partial charge >= 0.3 is 0 Å². The lowest BCUT2D eigenvalue weighted by molar-refractivity contribution is -0.233. The fraction of sp³-hybridized carbons (Fsp3) is 0.900. The molecule has 1 aliphatic carbocycles. The number of Topliss-reactive ketones (excluding diaryl/α,β-unsaturated/α-hetero) is 1. The summed E-state index contributed by atoms with van der Waals surface area (Å²) in [4.78, 5) is 11.6. The van der Waals surface area contributed by atoms with Crippen molar-refractivity contribution in [1.29, 1.82) is 0 Å². The van der Waals surface area contributed by atoms with Crippen LogP contribution in [0.15, 0.2) is 0 Å². The molecular weight excluding hydrogens is 168 g/mol. The first-order valence-electron chi connectivity index (χ1n) is 5.06. The Labute approximate surface area is 79.4 Å². The molecular formula is C10H18O3. The summed E-state index contributed by atoms with van der Waals surface area (Å²) in [6, 6.07) is 0. The van der Waals surface area contributed by atoms with E-state index in [1.165, 1.54) is 0 Å². The summed E-state index contributed by atoms with van der Waals surface area (Å²) in [5.74, 6) is -0.788. The lowest BCUT2D eigenvalue weighted by Crippen LogP contribution is -2.46. The van der Waals surface area contributed by atoms with Crippen LogP contribution >= 0.6 is 0 Å². The third-order valence-corrected chi connectivity index (χ3v) is 2.34. The Morgan fingerprint density at radius 2 is 1.85 bits per heavy atom. The molecule has 0 aromatic heterocycles. The number of ether oxygens (including phenoxy) is 2. The molecule has 76 valence electrons. The van der Waals surface area contributed by atoms with Crippen molar-refractivity contribution < 1.29 is 14.3 Å². The summed E-state index contributed by atoms with van der Waals surface area (Å²) in [6.07, 6.45) is 3.31. The summed E-state index contributed by atoms with van der Waals surface area (Å²) in [5.41, 5.74) is 0. The Hall–Kier alpha value is -0.410. The molecule has 0 aromatic carbocycles. The Balaban J connectivity index is 2.67. The maximum absolute atomic E-state index is 11.6. The Bertz CT molecular complexity index is 165. The molecule has 0 amide bonds. The van der Waals surface area contributed by atoms with Crippen molar-refractivity contribution in [1.82, 2.24) is 0 Å². The summed E-state index contributed by atoms with van der Waals surface area (Å²) in [5, 5.41) is 0. The zero-order valence-corrected chi connectivity index (χ0v) is 8.47. The molecule has 1 aliphatic rings. The quantitative estimate of drug-likeness (QED) is 0.629. The van der Waals surface area contributed by atoms with Gasteiger partial charge in [-0.1, -0.05) is 0 Å². The number of hydrogen-bond acceptors (Lipinski definition) is 3. The maximum atomic E-state index is 11.6. The average Bonchev–Trinajstić information content (AvgIpc) is 2.11. The molecule has 0 radical (unpaired) electrons. The van der Waals surface area contributed by atoms with E-state index in [9.17, 15) is 4.79 Å². The number of rotatable bonds is 4. The molecule has 0 bridgehead atoms. The molecule has 1 rings (SSSR count). The van der Waals surface area contributed by atoms with Crippen LogP contribution in [-0.4, -0.2) is 24.8 Å². The predicted molar refractivity (Wildman–Crippen MR) is 49.5 cm³/mol. The van der Waals surface area contributed by atoms with Crippen molar-refractivity contribution in [2.24, 2.45) is 0 Å². The number of carbonyl (C=O) groups is 1. The van der Waals surface area contributed by atoms with Crippen molar-refractivity contribution in [3.8, 4) is 0 Å². The average molecular weight is 186 g/mol. The molecule has 0 heterocycles. The molecule has 0 aromatic rings. The second kappa shape index (κ2) is 4.72. The molecule has 3 heteroatoms. The van der Waals surface area contributed by atoms with Crippen LogP contribution < -0.4 is 0 Å². The summed E-state index contributed by atoms with van der Waals surface area (Å²) < 4.78 is 10.9. The van der Waals surface area contributed by atoms with Crippen molar-refractivity contribution in [2.45, 2.75) is 45.3 Å². The standard InChI is InChI=1S/C10H18O3/c1-3-12-10(13-4-2)8-6-5-7-9(10)11/h3-8H2,1-2H3. The second-order valence-electron chi connectivity index (χ2n) is 3.25. The van der Waals surface area contributed by atoms with E-state index in [2.05, 4.69) is 0 Å². The Morgan fingerprint density at radius 1 is 1.23 bits per heavy atom. The van der Waals surface area contributed by atoms with Crippen LogP contribution in [0, 0.1) is 0 Å². The maximum Gasteiger partial charge on any atom is 0.228 e. The van der Waals surface area contributed by atoms with Gasteiger partial charge in [0.25, 0.3) is 0 Å². The van der Waals surface area contributed by atoms with E-state index < -0.39 is 5.79 Å². The highest BCUT2D eigenvalue weighted by molar-refractivity contribution is 5.86. The molecule has 13 heavy (non-hydrogen) atoms.